The molecule has 0 saturated carbocycles. The van der Waals surface area contributed by atoms with Gasteiger partial charge in [0.15, 0.2) is 5.41 Å². The van der Waals surface area contributed by atoms with Crippen LogP contribution >= 0.6 is 0 Å². The Bertz CT molecular complexity index is 722. The van der Waals surface area contributed by atoms with Crippen molar-refractivity contribution < 1.29 is 4.74 Å². The second kappa shape index (κ2) is 5.02. The Morgan fingerprint density at radius 2 is 1.95 bits per heavy atom. The molecular weight excluding hydrogens is 276 g/mol. The van der Waals surface area contributed by atoms with Gasteiger partial charge in [-0.15, -0.1) is 0 Å². The number of fused-ring (bicyclic) bond motifs is 3. The van der Waals surface area contributed by atoms with Gasteiger partial charge < -0.3 is 9.64 Å². The number of anilines is 1. The van der Waals surface area contributed by atoms with E-state index in [1.807, 2.05) is 19.9 Å². The van der Waals surface area contributed by atoms with Crippen molar-refractivity contribution >= 4 is 5.69 Å². The Hall–Kier alpha value is -2.55. The van der Waals surface area contributed by atoms with Crippen molar-refractivity contribution in [1.29, 1.82) is 15.8 Å². The number of nitrogens with zero attached hydrogens (tertiary/aromatic N) is 4. The van der Waals surface area contributed by atoms with Crippen molar-refractivity contribution in [1.82, 2.24) is 0 Å². The van der Waals surface area contributed by atoms with E-state index in [0.717, 1.165) is 11.3 Å². The molecule has 3 rings (SSSR count). The Labute approximate surface area is 129 Å². The lowest BCUT2D eigenvalue weighted by Crippen LogP contribution is -2.63. The second-order valence-electron chi connectivity index (χ2n) is 6.08. The standard InChI is InChI=1S/C17H16N4O/c1-11-8-21-15-4-3-13(7-18)5-14(15)6-17(9-19,10-20)16(21)12(2)22-11/h3-5,11-12,16H,6,8H2,1-2H3/t11-,12+,16+/m0/s1. The number of morpholine rings is 1. The zero-order valence-electron chi connectivity index (χ0n) is 12.6. The lowest BCUT2D eigenvalue weighted by Gasteiger charge is -2.51. The first-order valence-corrected chi connectivity index (χ1v) is 7.32. The summed E-state index contributed by atoms with van der Waals surface area (Å²) in [6.07, 6.45) is 0.156. The second-order valence-corrected chi connectivity index (χ2v) is 6.08. The van der Waals surface area contributed by atoms with Gasteiger partial charge in [-0.1, -0.05) is 0 Å². The lowest BCUT2D eigenvalue weighted by atomic mass is 9.70. The highest BCUT2D eigenvalue weighted by Crippen LogP contribution is 2.44. The SMILES string of the molecule is C[C@H]1CN2c3ccc(C#N)cc3CC(C#N)(C#N)[C@H]2[C@@H](C)O1. The monoisotopic (exact) mass is 292 g/mol. The number of benzene rings is 1. The first-order chi connectivity index (χ1) is 10.5. The van der Waals surface area contributed by atoms with Crippen molar-refractivity contribution in [2.75, 3.05) is 11.4 Å². The van der Waals surface area contributed by atoms with Crippen molar-refractivity contribution in [3.63, 3.8) is 0 Å². The van der Waals surface area contributed by atoms with E-state index in [9.17, 15) is 10.5 Å². The molecule has 2 aliphatic rings. The third-order valence-corrected chi connectivity index (χ3v) is 4.57. The molecule has 0 N–H and O–H groups in total. The highest BCUT2D eigenvalue weighted by atomic mass is 16.5. The van der Waals surface area contributed by atoms with Gasteiger partial charge in [0.2, 0.25) is 0 Å². The molecule has 1 aromatic carbocycles. The summed E-state index contributed by atoms with van der Waals surface area (Å²) in [7, 11) is 0. The van der Waals surface area contributed by atoms with E-state index in [1.165, 1.54) is 0 Å². The molecule has 2 heterocycles. The average molecular weight is 292 g/mol. The van der Waals surface area contributed by atoms with Crippen LogP contribution in [0.25, 0.3) is 0 Å². The first kappa shape index (κ1) is 14.4. The third-order valence-electron chi connectivity index (χ3n) is 4.57. The van der Waals surface area contributed by atoms with Gasteiger partial charge in [-0.3, -0.25) is 0 Å². The van der Waals surface area contributed by atoms with Gasteiger partial charge in [-0.25, -0.2) is 0 Å². The number of ether oxygens (including phenoxy) is 1. The van der Waals surface area contributed by atoms with Crippen LogP contribution in [0.1, 0.15) is 25.0 Å². The summed E-state index contributed by atoms with van der Waals surface area (Å²) in [5.41, 5.74) is 1.30. The van der Waals surface area contributed by atoms with Crippen LogP contribution in [0.5, 0.6) is 0 Å². The van der Waals surface area contributed by atoms with E-state index in [2.05, 4.69) is 23.1 Å². The number of rotatable bonds is 0. The number of hydrogen-bond acceptors (Lipinski definition) is 5. The van der Waals surface area contributed by atoms with E-state index < -0.39 is 5.41 Å². The maximum Gasteiger partial charge on any atom is 0.170 e. The van der Waals surface area contributed by atoms with Gasteiger partial charge in [0.25, 0.3) is 0 Å². The molecule has 0 amide bonds. The molecule has 3 atom stereocenters. The molecule has 0 aromatic heterocycles. The number of hydrogen-bond donors (Lipinski definition) is 0. The fraction of sp³-hybridized carbons (Fsp3) is 0.471. The summed E-state index contributed by atoms with van der Waals surface area (Å²) in [5, 5.41) is 28.5. The molecule has 5 heteroatoms. The molecule has 22 heavy (non-hydrogen) atoms. The quantitative estimate of drug-likeness (QED) is 0.731. The molecule has 0 spiro atoms. The largest absolute Gasteiger partial charge is 0.371 e. The number of nitriles is 3. The summed E-state index contributed by atoms with van der Waals surface area (Å²) in [6.45, 7) is 4.55. The van der Waals surface area contributed by atoms with E-state index in [4.69, 9.17) is 10.00 Å². The fourth-order valence-corrected chi connectivity index (χ4v) is 3.76. The van der Waals surface area contributed by atoms with Crippen LogP contribution in [0.3, 0.4) is 0 Å². The van der Waals surface area contributed by atoms with Crippen LogP contribution in [0.4, 0.5) is 5.69 Å². The van der Waals surface area contributed by atoms with Gasteiger partial charge in [0.05, 0.1) is 42.0 Å². The van der Waals surface area contributed by atoms with Crippen molar-refractivity contribution in [2.24, 2.45) is 5.41 Å². The Balaban J connectivity index is 2.19. The smallest absolute Gasteiger partial charge is 0.170 e. The molecule has 2 aliphatic heterocycles. The maximum atomic E-state index is 9.70. The van der Waals surface area contributed by atoms with Crippen molar-refractivity contribution in [3.8, 4) is 18.2 Å². The van der Waals surface area contributed by atoms with Gasteiger partial charge >= 0.3 is 0 Å². The molecule has 0 aliphatic carbocycles. The van der Waals surface area contributed by atoms with Crippen LogP contribution in [0, 0.1) is 39.4 Å². The molecule has 1 saturated heterocycles. The predicted octanol–water partition coefficient (Wildman–Crippen LogP) is 2.13. The summed E-state index contributed by atoms with van der Waals surface area (Å²) in [5.74, 6) is 0. The highest BCUT2D eigenvalue weighted by Gasteiger charge is 2.52. The summed E-state index contributed by atoms with van der Waals surface area (Å²) in [6, 6.07) is 11.8. The van der Waals surface area contributed by atoms with E-state index in [-0.39, 0.29) is 18.2 Å². The van der Waals surface area contributed by atoms with E-state index in [0.29, 0.717) is 18.5 Å². The Kier molecular flexibility index (Phi) is 3.28. The molecule has 0 bridgehead atoms. The zero-order chi connectivity index (χ0) is 15.9. The fourth-order valence-electron chi connectivity index (χ4n) is 3.76. The van der Waals surface area contributed by atoms with Crippen LogP contribution in [0.2, 0.25) is 0 Å². The molecule has 1 aromatic rings. The van der Waals surface area contributed by atoms with Gasteiger partial charge in [0, 0.05) is 18.7 Å². The maximum absolute atomic E-state index is 9.70. The molecule has 5 nitrogen and oxygen atoms in total. The van der Waals surface area contributed by atoms with Crippen LogP contribution < -0.4 is 4.90 Å². The summed E-state index contributed by atoms with van der Waals surface area (Å²) < 4.78 is 5.88. The topological polar surface area (TPSA) is 83.8 Å². The van der Waals surface area contributed by atoms with E-state index in [1.54, 1.807) is 12.1 Å². The Morgan fingerprint density at radius 1 is 1.23 bits per heavy atom. The molecule has 0 radical (unpaired) electrons. The minimum Gasteiger partial charge on any atom is -0.371 e. The first-order valence-electron chi connectivity index (χ1n) is 7.32. The molecule has 0 unspecified atom stereocenters. The molecule has 1 fully saturated rings. The van der Waals surface area contributed by atoms with Gasteiger partial charge in [0.1, 0.15) is 0 Å². The summed E-state index contributed by atoms with van der Waals surface area (Å²) in [4.78, 5) is 2.12. The zero-order valence-corrected chi connectivity index (χ0v) is 12.6. The molecular formula is C17H16N4O. The van der Waals surface area contributed by atoms with Crippen LogP contribution in [-0.4, -0.2) is 24.8 Å². The van der Waals surface area contributed by atoms with Gasteiger partial charge in [-0.05, 0) is 37.6 Å². The normalized spacial score (nSPS) is 28.5. The average Bonchev–Trinajstić information content (AvgIpc) is 2.52. The minimum absolute atomic E-state index is 0.0305. The third kappa shape index (κ3) is 1.93. The van der Waals surface area contributed by atoms with E-state index >= 15 is 0 Å². The highest BCUT2D eigenvalue weighted by molar-refractivity contribution is 5.63. The van der Waals surface area contributed by atoms with Crippen molar-refractivity contribution in [2.45, 2.75) is 38.5 Å². The molecule has 110 valence electrons. The minimum atomic E-state index is -1.15. The van der Waals surface area contributed by atoms with Crippen LogP contribution in [-0.2, 0) is 11.2 Å². The van der Waals surface area contributed by atoms with Crippen LogP contribution in [0.15, 0.2) is 18.2 Å². The lowest BCUT2D eigenvalue weighted by molar-refractivity contribution is -0.0467. The summed E-state index contributed by atoms with van der Waals surface area (Å²) >= 11 is 0. The van der Waals surface area contributed by atoms with Crippen molar-refractivity contribution in [3.05, 3.63) is 29.3 Å². The Morgan fingerprint density at radius 3 is 2.59 bits per heavy atom. The van der Waals surface area contributed by atoms with Gasteiger partial charge in [-0.2, -0.15) is 15.8 Å². The predicted molar refractivity (Wildman–Crippen MR) is 79.7 cm³/mol.